The highest BCUT2D eigenvalue weighted by Crippen LogP contribution is 2.37. The van der Waals surface area contributed by atoms with Crippen molar-refractivity contribution in [1.82, 2.24) is 0 Å². The Labute approximate surface area is 187 Å². The van der Waals surface area contributed by atoms with Crippen molar-refractivity contribution in [1.29, 1.82) is 0 Å². The number of rotatable bonds is 5. The molecule has 0 atom stereocenters. The number of hydrogen-bond donors (Lipinski definition) is 0. The molecule has 0 saturated carbocycles. The van der Waals surface area contributed by atoms with E-state index in [9.17, 15) is 9.59 Å². The van der Waals surface area contributed by atoms with Crippen LogP contribution < -0.4 is 18.9 Å². The van der Waals surface area contributed by atoms with Gasteiger partial charge in [-0.05, 0) is 48.5 Å². The summed E-state index contributed by atoms with van der Waals surface area (Å²) in [5.74, 6) is 0.993. The molecule has 7 heteroatoms. The van der Waals surface area contributed by atoms with E-state index in [2.05, 4.69) is 15.9 Å². The fourth-order valence-corrected chi connectivity index (χ4v) is 3.41. The average molecular weight is 481 g/mol. The molecule has 0 N–H and O–H groups in total. The Hall–Kier alpha value is -3.58. The van der Waals surface area contributed by atoms with Crippen molar-refractivity contribution in [2.75, 3.05) is 14.2 Å². The number of halogens is 1. The van der Waals surface area contributed by atoms with Crippen LogP contribution >= 0.6 is 15.9 Å². The van der Waals surface area contributed by atoms with Crippen molar-refractivity contribution >= 4 is 33.8 Å². The number of hydrogen-bond acceptors (Lipinski definition) is 6. The molecule has 0 aromatic heterocycles. The zero-order valence-electron chi connectivity index (χ0n) is 16.7. The van der Waals surface area contributed by atoms with E-state index in [1.165, 1.54) is 13.2 Å². The lowest BCUT2D eigenvalue weighted by Gasteiger charge is -2.10. The number of benzene rings is 3. The maximum absolute atomic E-state index is 12.8. The van der Waals surface area contributed by atoms with Gasteiger partial charge in [-0.25, -0.2) is 4.79 Å². The number of ketones is 1. The van der Waals surface area contributed by atoms with Gasteiger partial charge in [0, 0.05) is 16.1 Å². The fraction of sp³-hybridized carbons (Fsp3) is 0.0833. The van der Waals surface area contributed by atoms with E-state index < -0.39 is 5.97 Å². The maximum Gasteiger partial charge on any atom is 0.343 e. The van der Waals surface area contributed by atoms with Crippen LogP contribution in [-0.4, -0.2) is 26.0 Å². The van der Waals surface area contributed by atoms with E-state index in [-0.39, 0.29) is 17.3 Å². The van der Waals surface area contributed by atoms with Gasteiger partial charge in [-0.2, -0.15) is 0 Å². The minimum Gasteiger partial charge on any atom is -0.493 e. The molecule has 3 aromatic carbocycles. The Morgan fingerprint density at radius 1 is 1.00 bits per heavy atom. The highest BCUT2D eigenvalue weighted by Gasteiger charge is 2.28. The number of allylic oxidation sites excluding steroid dienone is 1. The zero-order valence-corrected chi connectivity index (χ0v) is 18.3. The van der Waals surface area contributed by atoms with Crippen molar-refractivity contribution in [3.63, 3.8) is 0 Å². The van der Waals surface area contributed by atoms with Gasteiger partial charge in [0.2, 0.25) is 5.78 Å². The Bertz CT molecular complexity index is 1200. The molecule has 0 radical (unpaired) electrons. The second-order valence-corrected chi connectivity index (χ2v) is 7.49. The second kappa shape index (κ2) is 8.65. The van der Waals surface area contributed by atoms with Crippen LogP contribution in [-0.2, 0) is 0 Å². The van der Waals surface area contributed by atoms with Crippen molar-refractivity contribution in [2.24, 2.45) is 0 Å². The molecule has 0 amide bonds. The molecular weight excluding hydrogens is 464 g/mol. The molecule has 1 aliphatic heterocycles. The Kier molecular flexibility index (Phi) is 5.77. The first-order valence-electron chi connectivity index (χ1n) is 9.27. The molecular formula is C24H17BrO6. The Morgan fingerprint density at radius 2 is 1.77 bits per heavy atom. The molecule has 1 heterocycles. The Balaban J connectivity index is 1.58. The van der Waals surface area contributed by atoms with Gasteiger partial charge in [0.1, 0.15) is 11.5 Å². The number of esters is 1. The van der Waals surface area contributed by atoms with Crippen LogP contribution in [0, 0.1) is 0 Å². The van der Waals surface area contributed by atoms with Gasteiger partial charge in [0.25, 0.3) is 0 Å². The minimum absolute atomic E-state index is 0.137. The minimum atomic E-state index is -0.506. The summed E-state index contributed by atoms with van der Waals surface area (Å²) in [6.45, 7) is 0. The number of Topliss-reactive ketones (excluding diaryl/α,β-unsaturated/α-hetero) is 1. The zero-order chi connectivity index (χ0) is 22.0. The highest BCUT2D eigenvalue weighted by atomic mass is 79.9. The van der Waals surface area contributed by atoms with Gasteiger partial charge in [0.05, 0.1) is 25.3 Å². The molecule has 6 nitrogen and oxygen atoms in total. The van der Waals surface area contributed by atoms with Crippen LogP contribution in [0.1, 0.15) is 26.3 Å². The number of para-hydroxylation sites is 1. The van der Waals surface area contributed by atoms with E-state index in [1.807, 2.05) is 0 Å². The van der Waals surface area contributed by atoms with Gasteiger partial charge >= 0.3 is 5.97 Å². The lowest BCUT2D eigenvalue weighted by atomic mass is 10.1. The number of fused-ring (bicyclic) bond motifs is 1. The van der Waals surface area contributed by atoms with Crippen LogP contribution in [0.2, 0.25) is 0 Å². The average Bonchev–Trinajstić information content (AvgIpc) is 3.08. The molecule has 156 valence electrons. The monoisotopic (exact) mass is 480 g/mol. The van der Waals surface area contributed by atoms with Crippen LogP contribution in [0.15, 0.2) is 70.9 Å². The fourth-order valence-electron chi connectivity index (χ4n) is 3.15. The van der Waals surface area contributed by atoms with Crippen molar-refractivity contribution in [3.8, 4) is 23.0 Å². The lowest BCUT2D eigenvalue weighted by molar-refractivity contribution is 0.0734. The number of carbonyl (C=O) groups is 2. The van der Waals surface area contributed by atoms with Crippen LogP contribution in [0.25, 0.3) is 6.08 Å². The molecule has 1 aliphatic rings. The second-order valence-electron chi connectivity index (χ2n) is 6.58. The smallest absolute Gasteiger partial charge is 0.343 e. The van der Waals surface area contributed by atoms with Gasteiger partial charge in [-0.1, -0.05) is 28.1 Å². The molecule has 31 heavy (non-hydrogen) atoms. The molecule has 0 bridgehead atoms. The normalized spacial score (nSPS) is 13.5. The first-order valence-corrected chi connectivity index (χ1v) is 10.1. The summed E-state index contributed by atoms with van der Waals surface area (Å²) in [5.41, 5.74) is 1.43. The van der Waals surface area contributed by atoms with Gasteiger partial charge in [-0.3, -0.25) is 4.79 Å². The summed E-state index contributed by atoms with van der Waals surface area (Å²) in [7, 11) is 3.07. The van der Waals surface area contributed by atoms with Gasteiger partial charge in [-0.15, -0.1) is 0 Å². The first-order chi connectivity index (χ1) is 15.0. The van der Waals surface area contributed by atoms with Crippen LogP contribution in [0.3, 0.4) is 0 Å². The largest absolute Gasteiger partial charge is 0.493 e. The molecule has 0 aliphatic carbocycles. The third-order valence-electron chi connectivity index (χ3n) is 4.65. The van der Waals surface area contributed by atoms with E-state index in [0.717, 1.165) is 4.47 Å². The third kappa shape index (κ3) is 4.18. The van der Waals surface area contributed by atoms with E-state index >= 15 is 0 Å². The van der Waals surface area contributed by atoms with Crippen LogP contribution in [0.4, 0.5) is 0 Å². The third-order valence-corrected chi connectivity index (χ3v) is 5.18. The predicted molar refractivity (Wildman–Crippen MR) is 118 cm³/mol. The quantitative estimate of drug-likeness (QED) is 0.280. The molecule has 0 spiro atoms. The SMILES string of the molecule is COc1cccc(/C=C2\Oc3cc(OC(=O)c4ccc(Br)cc4)ccc3C2=O)c1OC. The summed E-state index contributed by atoms with van der Waals surface area (Å²) >= 11 is 3.33. The van der Waals surface area contributed by atoms with E-state index in [1.54, 1.807) is 67.8 Å². The summed E-state index contributed by atoms with van der Waals surface area (Å²) < 4.78 is 22.7. The Morgan fingerprint density at radius 3 is 2.48 bits per heavy atom. The van der Waals surface area contributed by atoms with Crippen LogP contribution in [0.5, 0.6) is 23.0 Å². The topological polar surface area (TPSA) is 71.1 Å². The number of methoxy groups -OCH3 is 2. The number of carbonyl (C=O) groups excluding carboxylic acids is 2. The summed E-state index contributed by atoms with van der Waals surface area (Å²) in [5, 5.41) is 0. The molecule has 0 fully saturated rings. The molecule has 3 aromatic rings. The summed E-state index contributed by atoms with van der Waals surface area (Å²) in [6, 6.07) is 16.8. The van der Waals surface area contributed by atoms with E-state index in [4.69, 9.17) is 18.9 Å². The first kappa shape index (κ1) is 20.7. The number of ether oxygens (including phenoxy) is 4. The van der Waals surface area contributed by atoms with Crippen molar-refractivity contribution in [3.05, 3.63) is 87.6 Å². The molecule has 4 rings (SSSR count). The predicted octanol–water partition coefficient (Wildman–Crippen LogP) is 5.30. The highest BCUT2D eigenvalue weighted by molar-refractivity contribution is 9.10. The van der Waals surface area contributed by atoms with Gasteiger partial charge in [0.15, 0.2) is 17.3 Å². The maximum atomic E-state index is 12.8. The standard InChI is InChI=1S/C24H17BrO6/c1-28-19-5-3-4-15(23(19)29-2)12-21-22(26)18-11-10-17(13-20(18)31-21)30-24(27)14-6-8-16(25)9-7-14/h3-13H,1-2H3/b21-12-. The van der Waals surface area contributed by atoms with Crippen molar-refractivity contribution < 1.29 is 28.5 Å². The van der Waals surface area contributed by atoms with Crippen molar-refractivity contribution in [2.45, 2.75) is 0 Å². The molecule has 0 unspecified atom stereocenters. The van der Waals surface area contributed by atoms with E-state index in [0.29, 0.717) is 33.9 Å². The summed E-state index contributed by atoms with van der Waals surface area (Å²) in [6.07, 6.45) is 1.59. The summed E-state index contributed by atoms with van der Waals surface area (Å²) in [4.78, 5) is 25.1. The lowest BCUT2D eigenvalue weighted by Crippen LogP contribution is -2.08. The van der Waals surface area contributed by atoms with Gasteiger partial charge < -0.3 is 18.9 Å². The molecule has 0 saturated heterocycles.